The number of aromatic nitrogens is 2. The number of methoxy groups -OCH3 is 1. The van der Waals surface area contributed by atoms with Gasteiger partial charge in [-0.25, -0.2) is 0 Å². The molecule has 1 aromatic heterocycles. The largest absolute Gasteiger partial charge is 0.496 e. The zero-order valence-corrected chi connectivity index (χ0v) is 12.4. The first-order valence-corrected chi connectivity index (χ1v) is 7.17. The minimum Gasteiger partial charge on any atom is -0.496 e. The molecule has 112 valence electrons. The van der Waals surface area contributed by atoms with Crippen molar-refractivity contribution >= 4 is 0 Å². The minimum absolute atomic E-state index is 0.610. The molecule has 0 amide bonds. The summed E-state index contributed by atoms with van der Waals surface area (Å²) in [5, 5.41) is 7.40. The molecule has 0 unspecified atom stereocenters. The number of ether oxygens (including phenoxy) is 1. The predicted molar refractivity (Wildman–Crippen MR) is 79.2 cm³/mol. The molecule has 6 heteroatoms. The van der Waals surface area contributed by atoms with E-state index >= 15 is 0 Å². The molecule has 6 nitrogen and oxygen atoms in total. The number of nitrogens with zero attached hydrogens (tertiary/aromatic N) is 3. The fourth-order valence-electron chi connectivity index (χ4n) is 2.46. The molecule has 1 aliphatic heterocycles. The maximum Gasteiger partial charge on any atom is 0.241 e. The fourth-order valence-corrected chi connectivity index (χ4v) is 2.46. The Balaban J connectivity index is 1.74. The molecule has 21 heavy (non-hydrogen) atoms. The van der Waals surface area contributed by atoms with Crippen LogP contribution in [0.4, 0.5) is 0 Å². The van der Waals surface area contributed by atoms with E-state index in [1.807, 2.05) is 25.1 Å². The minimum atomic E-state index is 0.610. The molecule has 0 atom stereocenters. The van der Waals surface area contributed by atoms with Crippen LogP contribution in [0.5, 0.6) is 5.75 Å². The molecule has 0 aliphatic carbocycles. The van der Waals surface area contributed by atoms with Gasteiger partial charge in [0.05, 0.1) is 13.7 Å². The average Bonchev–Trinajstić information content (AvgIpc) is 2.97. The van der Waals surface area contributed by atoms with Crippen LogP contribution in [0.15, 0.2) is 22.7 Å². The van der Waals surface area contributed by atoms with E-state index in [0.717, 1.165) is 43.1 Å². The highest BCUT2D eigenvalue weighted by atomic mass is 16.5. The summed E-state index contributed by atoms with van der Waals surface area (Å²) in [4.78, 5) is 6.79. The maximum atomic E-state index is 5.36. The topological polar surface area (TPSA) is 63.4 Å². The zero-order valence-electron chi connectivity index (χ0n) is 12.4. The summed E-state index contributed by atoms with van der Waals surface area (Å²) in [7, 11) is 1.66. The number of piperazine rings is 1. The fraction of sp³-hybridized carbons (Fsp3) is 0.467. The highest BCUT2D eigenvalue weighted by Crippen LogP contribution is 2.25. The van der Waals surface area contributed by atoms with Crippen LogP contribution >= 0.6 is 0 Å². The second kappa shape index (κ2) is 6.24. The van der Waals surface area contributed by atoms with E-state index in [-0.39, 0.29) is 0 Å². The third-order valence-corrected chi connectivity index (χ3v) is 3.70. The van der Waals surface area contributed by atoms with Gasteiger partial charge in [-0.3, -0.25) is 4.90 Å². The number of hydrogen-bond acceptors (Lipinski definition) is 6. The summed E-state index contributed by atoms with van der Waals surface area (Å²) in [6.07, 6.45) is 0. The van der Waals surface area contributed by atoms with Crippen molar-refractivity contribution in [1.29, 1.82) is 0 Å². The molecule has 0 radical (unpaired) electrons. The Kier molecular flexibility index (Phi) is 4.17. The number of aryl methyl sites for hydroxylation is 1. The standard InChI is InChI=1S/C15H20N4O2/c1-11-3-4-12(9-13(11)20-2)15-17-14(21-18-15)10-19-7-5-16-6-8-19/h3-4,9,16H,5-8,10H2,1-2H3. The van der Waals surface area contributed by atoms with Crippen molar-refractivity contribution in [1.82, 2.24) is 20.4 Å². The smallest absolute Gasteiger partial charge is 0.241 e. The Morgan fingerprint density at radius 1 is 1.33 bits per heavy atom. The lowest BCUT2D eigenvalue weighted by Gasteiger charge is -2.25. The van der Waals surface area contributed by atoms with E-state index in [1.165, 1.54) is 0 Å². The van der Waals surface area contributed by atoms with Crippen LogP contribution < -0.4 is 10.1 Å². The van der Waals surface area contributed by atoms with Crippen molar-refractivity contribution in [2.24, 2.45) is 0 Å². The molecule has 1 N–H and O–H groups in total. The number of nitrogens with one attached hydrogen (secondary N) is 1. The molecular weight excluding hydrogens is 268 g/mol. The van der Waals surface area contributed by atoms with Crippen LogP contribution in [0, 0.1) is 6.92 Å². The lowest BCUT2D eigenvalue weighted by atomic mass is 10.1. The van der Waals surface area contributed by atoms with E-state index in [2.05, 4.69) is 20.4 Å². The SMILES string of the molecule is COc1cc(-c2noc(CN3CCNCC3)n2)ccc1C. The molecule has 1 saturated heterocycles. The second-order valence-corrected chi connectivity index (χ2v) is 5.22. The number of hydrogen-bond donors (Lipinski definition) is 1. The Morgan fingerprint density at radius 2 is 2.14 bits per heavy atom. The van der Waals surface area contributed by atoms with Gasteiger partial charge >= 0.3 is 0 Å². The van der Waals surface area contributed by atoms with Crippen LogP contribution in [0.25, 0.3) is 11.4 Å². The highest BCUT2D eigenvalue weighted by Gasteiger charge is 2.15. The summed E-state index contributed by atoms with van der Waals surface area (Å²) >= 11 is 0. The number of benzene rings is 1. The van der Waals surface area contributed by atoms with Crippen molar-refractivity contribution in [3.05, 3.63) is 29.7 Å². The van der Waals surface area contributed by atoms with Crippen molar-refractivity contribution in [3.63, 3.8) is 0 Å². The molecule has 0 spiro atoms. The van der Waals surface area contributed by atoms with Gasteiger partial charge in [0.1, 0.15) is 5.75 Å². The molecule has 1 aromatic carbocycles. The molecule has 0 bridgehead atoms. The second-order valence-electron chi connectivity index (χ2n) is 5.22. The Bertz CT molecular complexity index is 605. The first-order chi connectivity index (χ1) is 10.3. The van der Waals surface area contributed by atoms with Gasteiger partial charge in [-0.05, 0) is 18.6 Å². The summed E-state index contributed by atoms with van der Waals surface area (Å²) < 4.78 is 10.7. The van der Waals surface area contributed by atoms with E-state index < -0.39 is 0 Å². The van der Waals surface area contributed by atoms with E-state index in [1.54, 1.807) is 7.11 Å². The molecule has 3 rings (SSSR count). The van der Waals surface area contributed by atoms with Gasteiger partial charge in [0.25, 0.3) is 0 Å². The van der Waals surface area contributed by atoms with E-state index in [4.69, 9.17) is 9.26 Å². The summed E-state index contributed by atoms with van der Waals surface area (Å²) in [5.74, 6) is 2.10. The Labute approximate surface area is 124 Å². The van der Waals surface area contributed by atoms with Crippen molar-refractivity contribution < 1.29 is 9.26 Å². The molecule has 1 fully saturated rings. The van der Waals surface area contributed by atoms with Gasteiger partial charge < -0.3 is 14.6 Å². The highest BCUT2D eigenvalue weighted by molar-refractivity contribution is 5.58. The lowest BCUT2D eigenvalue weighted by molar-refractivity contribution is 0.203. The van der Waals surface area contributed by atoms with Crippen LogP contribution in [0.2, 0.25) is 0 Å². The third-order valence-electron chi connectivity index (χ3n) is 3.70. The van der Waals surface area contributed by atoms with Crippen molar-refractivity contribution in [2.75, 3.05) is 33.3 Å². The van der Waals surface area contributed by atoms with Crippen molar-refractivity contribution in [2.45, 2.75) is 13.5 Å². The molecule has 2 heterocycles. The molecule has 1 aliphatic rings. The van der Waals surface area contributed by atoms with Gasteiger partial charge in [-0.2, -0.15) is 4.98 Å². The summed E-state index contributed by atoms with van der Waals surface area (Å²) in [6, 6.07) is 5.92. The first kappa shape index (κ1) is 14.0. The van der Waals surface area contributed by atoms with Crippen LogP contribution in [-0.2, 0) is 6.54 Å². The van der Waals surface area contributed by atoms with E-state index in [0.29, 0.717) is 18.3 Å². The number of rotatable bonds is 4. The zero-order chi connectivity index (χ0) is 14.7. The van der Waals surface area contributed by atoms with Gasteiger partial charge in [-0.1, -0.05) is 17.3 Å². The van der Waals surface area contributed by atoms with Crippen LogP contribution in [-0.4, -0.2) is 48.3 Å². The molecule has 0 saturated carbocycles. The third kappa shape index (κ3) is 3.22. The quantitative estimate of drug-likeness (QED) is 0.919. The summed E-state index contributed by atoms with van der Waals surface area (Å²) in [6.45, 7) is 6.75. The van der Waals surface area contributed by atoms with Gasteiger partial charge in [0.15, 0.2) is 0 Å². The van der Waals surface area contributed by atoms with E-state index in [9.17, 15) is 0 Å². The Morgan fingerprint density at radius 3 is 2.90 bits per heavy atom. The monoisotopic (exact) mass is 288 g/mol. The van der Waals surface area contributed by atoms with Crippen LogP contribution in [0.3, 0.4) is 0 Å². The average molecular weight is 288 g/mol. The van der Waals surface area contributed by atoms with Gasteiger partial charge in [0.2, 0.25) is 11.7 Å². The first-order valence-electron chi connectivity index (χ1n) is 7.17. The van der Waals surface area contributed by atoms with Gasteiger partial charge in [-0.15, -0.1) is 0 Å². The predicted octanol–water partition coefficient (Wildman–Crippen LogP) is 1.46. The summed E-state index contributed by atoms with van der Waals surface area (Å²) in [5.41, 5.74) is 2.00. The molecule has 2 aromatic rings. The van der Waals surface area contributed by atoms with Crippen molar-refractivity contribution in [3.8, 4) is 17.1 Å². The molecular formula is C15H20N4O2. The normalized spacial score (nSPS) is 16.1. The lowest BCUT2D eigenvalue weighted by Crippen LogP contribution is -2.42. The Hall–Kier alpha value is -1.92. The van der Waals surface area contributed by atoms with Crippen LogP contribution in [0.1, 0.15) is 11.5 Å². The maximum absolute atomic E-state index is 5.36. The van der Waals surface area contributed by atoms with Gasteiger partial charge in [0, 0.05) is 31.7 Å².